The lowest BCUT2D eigenvalue weighted by Gasteiger charge is -2.11. The highest BCUT2D eigenvalue weighted by molar-refractivity contribution is 5.91. The summed E-state index contributed by atoms with van der Waals surface area (Å²) in [5, 5.41) is 2.30. The van der Waals surface area contributed by atoms with Gasteiger partial charge in [-0.15, -0.1) is 0 Å². The number of carbonyl (C=O) groups is 1. The zero-order chi connectivity index (χ0) is 15.5. The number of nitrogens with zero attached hydrogens (tertiary/aromatic N) is 2. The minimum atomic E-state index is -4.78. The minimum Gasteiger partial charge on any atom is -0.347 e. The Labute approximate surface area is 116 Å². The van der Waals surface area contributed by atoms with Crippen LogP contribution in [0.3, 0.4) is 0 Å². The maximum atomic E-state index is 13.7. The van der Waals surface area contributed by atoms with Crippen LogP contribution in [0, 0.1) is 5.82 Å². The fourth-order valence-corrected chi connectivity index (χ4v) is 1.63. The number of aromatic nitrogens is 2. The lowest BCUT2D eigenvalue weighted by Crippen LogP contribution is -2.24. The van der Waals surface area contributed by atoms with Gasteiger partial charge in [0.05, 0.1) is 5.56 Å². The fraction of sp³-hybridized carbons (Fsp3) is 0.154. The molecule has 0 unspecified atom stereocenters. The Morgan fingerprint density at radius 1 is 1.24 bits per heavy atom. The molecule has 1 amide bonds. The number of amides is 1. The van der Waals surface area contributed by atoms with E-state index in [1.165, 1.54) is 18.3 Å². The maximum absolute atomic E-state index is 13.7. The average molecular weight is 299 g/mol. The van der Waals surface area contributed by atoms with Gasteiger partial charge in [-0.1, -0.05) is 12.1 Å². The molecule has 1 aromatic heterocycles. The molecule has 0 aliphatic carbocycles. The van der Waals surface area contributed by atoms with Gasteiger partial charge in [0.25, 0.3) is 5.91 Å². The van der Waals surface area contributed by atoms with E-state index in [1.807, 2.05) is 0 Å². The number of carbonyl (C=O) groups excluding carboxylic acids is 1. The van der Waals surface area contributed by atoms with Gasteiger partial charge in [-0.05, 0) is 12.1 Å². The summed E-state index contributed by atoms with van der Waals surface area (Å²) in [4.78, 5) is 19.0. The first-order valence-corrected chi connectivity index (χ1v) is 5.78. The van der Waals surface area contributed by atoms with E-state index >= 15 is 0 Å². The molecule has 0 aliphatic heterocycles. The Morgan fingerprint density at radius 3 is 2.62 bits per heavy atom. The van der Waals surface area contributed by atoms with E-state index < -0.39 is 23.5 Å². The number of nitrogens with one attached hydrogen (secondary N) is 1. The maximum Gasteiger partial charge on any atom is 0.419 e. The normalized spacial score (nSPS) is 11.2. The summed E-state index contributed by atoms with van der Waals surface area (Å²) in [6.45, 7) is -0.376. The van der Waals surface area contributed by atoms with E-state index in [9.17, 15) is 22.4 Å². The zero-order valence-corrected chi connectivity index (χ0v) is 10.5. The molecule has 0 atom stereocenters. The molecule has 0 aliphatic rings. The Hall–Kier alpha value is -2.51. The van der Waals surface area contributed by atoms with Gasteiger partial charge in [0.1, 0.15) is 17.8 Å². The molecule has 1 N–H and O–H groups in total. The molecule has 0 radical (unpaired) electrons. The Balaban J connectivity index is 2.13. The van der Waals surface area contributed by atoms with E-state index in [4.69, 9.17) is 0 Å². The third kappa shape index (κ3) is 3.53. The van der Waals surface area contributed by atoms with Crippen molar-refractivity contribution in [1.82, 2.24) is 15.3 Å². The van der Waals surface area contributed by atoms with Crippen molar-refractivity contribution in [3.8, 4) is 0 Å². The lowest BCUT2D eigenvalue weighted by atomic mass is 10.1. The molecule has 2 aromatic rings. The monoisotopic (exact) mass is 299 g/mol. The second-order valence-electron chi connectivity index (χ2n) is 4.05. The van der Waals surface area contributed by atoms with Gasteiger partial charge in [0.2, 0.25) is 0 Å². The number of hydrogen-bond acceptors (Lipinski definition) is 3. The molecule has 1 heterocycles. The van der Waals surface area contributed by atoms with Crippen LogP contribution >= 0.6 is 0 Å². The highest BCUT2D eigenvalue weighted by Crippen LogP contribution is 2.32. The van der Waals surface area contributed by atoms with Gasteiger partial charge in [-0.3, -0.25) is 4.79 Å². The Morgan fingerprint density at radius 2 is 2.00 bits per heavy atom. The van der Waals surface area contributed by atoms with E-state index in [2.05, 4.69) is 15.3 Å². The van der Waals surface area contributed by atoms with Crippen molar-refractivity contribution in [3.05, 3.63) is 59.4 Å². The quantitative estimate of drug-likeness (QED) is 0.886. The largest absolute Gasteiger partial charge is 0.419 e. The second-order valence-corrected chi connectivity index (χ2v) is 4.05. The van der Waals surface area contributed by atoms with Gasteiger partial charge in [0.15, 0.2) is 0 Å². The van der Waals surface area contributed by atoms with E-state index in [0.29, 0.717) is 6.07 Å². The van der Waals surface area contributed by atoms with Gasteiger partial charge < -0.3 is 5.32 Å². The van der Waals surface area contributed by atoms with Gasteiger partial charge in [-0.2, -0.15) is 13.2 Å². The van der Waals surface area contributed by atoms with Crippen molar-refractivity contribution < 1.29 is 22.4 Å². The number of halogens is 4. The van der Waals surface area contributed by atoms with Crippen LogP contribution in [0.15, 0.2) is 36.8 Å². The summed E-state index contributed by atoms with van der Waals surface area (Å²) in [6.07, 6.45) is -2.29. The highest BCUT2D eigenvalue weighted by Gasteiger charge is 2.34. The predicted molar refractivity (Wildman–Crippen MR) is 64.6 cm³/mol. The topological polar surface area (TPSA) is 54.9 Å². The Bertz CT molecular complexity index is 644. The molecule has 0 bridgehead atoms. The number of alkyl halides is 3. The van der Waals surface area contributed by atoms with Crippen molar-refractivity contribution >= 4 is 5.91 Å². The molecule has 0 saturated heterocycles. The average Bonchev–Trinajstić information content (AvgIpc) is 2.45. The third-order valence-corrected chi connectivity index (χ3v) is 2.64. The summed E-state index contributed by atoms with van der Waals surface area (Å²) in [7, 11) is 0. The predicted octanol–water partition coefficient (Wildman–Crippen LogP) is 2.56. The van der Waals surface area contributed by atoms with Gasteiger partial charge >= 0.3 is 6.18 Å². The van der Waals surface area contributed by atoms with Crippen LogP contribution in [-0.4, -0.2) is 15.9 Å². The molecule has 0 saturated carbocycles. The van der Waals surface area contributed by atoms with Crippen LogP contribution in [0.25, 0.3) is 0 Å². The van der Waals surface area contributed by atoms with Crippen molar-refractivity contribution in [2.24, 2.45) is 0 Å². The van der Waals surface area contributed by atoms with Crippen LogP contribution in [0.1, 0.15) is 21.6 Å². The number of hydrogen-bond donors (Lipinski definition) is 1. The molecule has 8 heteroatoms. The van der Waals surface area contributed by atoms with Crippen LogP contribution in [-0.2, 0) is 12.7 Å². The summed E-state index contributed by atoms with van der Waals surface area (Å²) in [5.74, 6) is -2.03. The van der Waals surface area contributed by atoms with Crippen LogP contribution in [0.5, 0.6) is 0 Å². The van der Waals surface area contributed by atoms with Crippen molar-refractivity contribution in [2.45, 2.75) is 12.7 Å². The van der Waals surface area contributed by atoms with E-state index in [0.717, 1.165) is 12.4 Å². The molecular formula is C13H9F4N3O. The SMILES string of the molecule is O=C(NCc1cccc(C(F)(F)F)c1F)c1ccncn1. The van der Waals surface area contributed by atoms with E-state index in [1.54, 1.807) is 0 Å². The van der Waals surface area contributed by atoms with Crippen molar-refractivity contribution in [2.75, 3.05) is 0 Å². The Kier molecular flexibility index (Phi) is 4.15. The molecule has 1 aromatic carbocycles. The molecule has 2 rings (SSSR count). The van der Waals surface area contributed by atoms with Crippen LogP contribution in [0.2, 0.25) is 0 Å². The van der Waals surface area contributed by atoms with Gasteiger partial charge in [-0.25, -0.2) is 14.4 Å². The molecular weight excluding hydrogens is 290 g/mol. The summed E-state index contributed by atoms with van der Waals surface area (Å²) in [6, 6.07) is 4.23. The molecule has 110 valence electrons. The summed E-state index contributed by atoms with van der Waals surface area (Å²) in [5.41, 5.74) is -1.58. The molecule has 0 fully saturated rings. The molecule has 21 heavy (non-hydrogen) atoms. The first-order valence-electron chi connectivity index (χ1n) is 5.78. The second kappa shape index (κ2) is 5.86. The lowest BCUT2D eigenvalue weighted by molar-refractivity contribution is -0.140. The standard InChI is InChI=1S/C13H9F4N3O/c14-11-8(2-1-3-9(11)13(15,16)17)6-19-12(21)10-4-5-18-7-20-10/h1-5,7H,6H2,(H,19,21). The highest BCUT2D eigenvalue weighted by atomic mass is 19.4. The smallest absolute Gasteiger partial charge is 0.347 e. The zero-order valence-electron chi connectivity index (χ0n) is 10.5. The first kappa shape index (κ1) is 14.9. The third-order valence-electron chi connectivity index (χ3n) is 2.64. The van der Waals surface area contributed by atoms with Crippen LogP contribution < -0.4 is 5.32 Å². The summed E-state index contributed by atoms with van der Waals surface area (Å²) < 4.78 is 51.4. The summed E-state index contributed by atoms with van der Waals surface area (Å²) >= 11 is 0. The van der Waals surface area contributed by atoms with Crippen LogP contribution in [0.4, 0.5) is 17.6 Å². The first-order chi connectivity index (χ1) is 9.89. The molecule has 0 spiro atoms. The minimum absolute atomic E-state index is 0.0392. The fourth-order valence-electron chi connectivity index (χ4n) is 1.63. The van der Waals surface area contributed by atoms with Gasteiger partial charge in [0, 0.05) is 18.3 Å². The number of benzene rings is 1. The van der Waals surface area contributed by atoms with E-state index in [-0.39, 0.29) is 17.8 Å². The number of rotatable bonds is 3. The molecule has 4 nitrogen and oxygen atoms in total. The van der Waals surface area contributed by atoms with Crippen molar-refractivity contribution in [3.63, 3.8) is 0 Å². The van der Waals surface area contributed by atoms with Crippen molar-refractivity contribution in [1.29, 1.82) is 0 Å².